The summed E-state index contributed by atoms with van der Waals surface area (Å²) in [6.45, 7) is 4.46. The van der Waals surface area contributed by atoms with Crippen molar-refractivity contribution in [3.05, 3.63) is 70.3 Å². The van der Waals surface area contributed by atoms with E-state index < -0.39 is 11.5 Å². The van der Waals surface area contributed by atoms with E-state index in [1.807, 2.05) is 12.1 Å². The Morgan fingerprint density at radius 1 is 1.11 bits per heavy atom. The summed E-state index contributed by atoms with van der Waals surface area (Å²) in [5.41, 5.74) is 5.37. The largest absolute Gasteiger partial charge is 0.480 e. The molecule has 1 fully saturated rings. The lowest BCUT2D eigenvalue weighted by atomic mass is 9.62. The van der Waals surface area contributed by atoms with Gasteiger partial charge in [-0.25, -0.2) is 4.79 Å². The smallest absolute Gasteiger partial charge is 0.329 e. The molecule has 0 bridgehead atoms. The second-order valence-electron chi connectivity index (χ2n) is 8.11. The topological polar surface area (TPSA) is 49.3 Å². The molecule has 1 spiro atoms. The van der Waals surface area contributed by atoms with Crippen LogP contribution in [0.4, 0.5) is 5.69 Å². The van der Waals surface area contributed by atoms with E-state index in [0.717, 1.165) is 24.9 Å². The number of nitrogens with one attached hydrogen (secondary N) is 1. The van der Waals surface area contributed by atoms with Gasteiger partial charge in [0.05, 0.1) is 0 Å². The Labute approximate surface area is 171 Å². The average Bonchev–Trinajstić information content (AvgIpc) is 2.92. The summed E-state index contributed by atoms with van der Waals surface area (Å²) in [4.78, 5) is 12.3. The fraction of sp³-hybridized carbons (Fsp3) is 0.375. The highest BCUT2D eigenvalue weighted by molar-refractivity contribution is 6.30. The van der Waals surface area contributed by atoms with Crippen molar-refractivity contribution in [3.8, 4) is 0 Å². The van der Waals surface area contributed by atoms with Gasteiger partial charge in [-0.05, 0) is 73.9 Å². The van der Waals surface area contributed by atoms with Crippen molar-refractivity contribution in [2.75, 3.05) is 5.32 Å². The van der Waals surface area contributed by atoms with Crippen LogP contribution in [0.25, 0.3) is 5.57 Å². The third-order valence-corrected chi connectivity index (χ3v) is 7.10. The van der Waals surface area contributed by atoms with E-state index in [1.54, 1.807) is 12.1 Å². The van der Waals surface area contributed by atoms with E-state index >= 15 is 0 Å². The van der Waals surface area contributed by atoms with Crippen LogP contribution >= 0.6 is 11.6 Å². The molecule has 1 saturated carbocycles. The van der Waals surface area contributed by atoms with Crippen LogP contribution < -0.4 is 5.32 Å². The first-order chi connectivity index (χ1) is 13.4. The Hall–Kier alpha value is -2.26. The number of halogens is 1. The van der Waals surface area contributed by atoms with Crippen LogP contribution in [0.5, 0.6) is 0 Å². The molecule has 4 rings (SSSR count). The van der Waals surface area contributed by atoms with Crippen LogP contribution in [0, 0.1) is 0 Å². The number of anilines is 1. The zero-order valence-corrected chi connectivity index (χ0v) is 17.1. The summed E-state index contributed by atoms with van der Waals surface area (Å²) in [6.07, 6.45) is 3.84. The van der Waals surface area contributed by atoms with Crippen molar-refractivity contribution in [2.45, 2.75) is 56.9 Å². The monoisotopic (exact) mass is 395 g/mol. The van der Waals surface area contributed by atoms with Crippen LogP contribution in [0.15, 0.2) is 54.1 Å². The van der Waals surface area contributed by atoms with Crippen LogP contribution in [-0.4, -0.2) is 16.6 Å². The lowest BCUT2D eigenvalue weighted by molar-refractivity contribution is -0.143. The average molecular weight is 396 g/mol. The second kappa shape index (κ2) is 6.97. The van der Waals surface area contributed by atoms with E-state index in [1.165, 1.54) is 22.3 Å². The fourth-order valence-corrected chi connectivity index (χ4v) is 5.49. The molecule has 2 N–H and O–H groups in total. The van der Waals surface area contributed by atoms with Gasteiger partial charge in [0.2, 0.25) is 0 Å². The maximum absolute atomic E-state index is 12.3. The predicted octanol–water partition coefficient (Wildman–Crippen LogP) is 6.28. The van der Waals surface area contributed by atoms with Gasteiger partial charge in [-0.1, -0.05) is 54.4 Å². The van der Waals surface area contributed by atoms with Crippen molar-refractivity contribution in [1.29, 1.82) is 0 Å². The Kier molecular flexibility index (Phi) is 4.75. The molecule has 0 radical (unpaired) electrons. The van der Waals surface area contributed by atoms with Crippen LogP contribution in [0.3, 0.4) is 0 Å². The standard InChI is InChI=1S/C24H26ClNO2/c1-3-19-16(2)23(21-10-5-4-9-20(19)21)11-13-24(14-12-23,22(27)28)26-18-8-6-7-17(25)15-18/h4-10,15,26H,3,11-14H2,1-2H3,(H,27,28). The zero-order valence-electron chi connectivity index (χ0n) is 16.4. The van der Waals surface area contributed by atoms with E-state index in [0.29, 0.717) is 17.9 Å². The zero-order chi connectivity index (χ0) is 19.9. The van der Waals surface area contributed by atoms with Crippen molar-refractivity contribution in [3.63, 3.8) is 0 Å². The molecule has 28 heavy (non-hydrogen) atoms. The lowest BCUT2D eigenvalue weighted by Crippen LogP contribution is -2.52. The number of hydrogen-bond donors (Lipinski definition) is 2. The molecule has 146 valence electrons. The molecule has 3 nitrogen and oxygen atoms in total. The molecule has 0 atom stereocenters. The maximum Gasteiger partial charge on any atom is 0.329 e. The van der Waals surface area contributed by atoms with Gasteiger partial charge < -0.3 is 10.4 Å². The van der Waals surface area contributed by atoms with Gasteiger partial charge >= 0.3 is 5.97 Å². The first kappa shape index (κ1) is 19.1. The number of hydrogen-bond acceptors (Lipinski definition) is 2. The van der Waals surface area contributed by atoms with Crippen LogP contribution in [0.2, 0.25) is 5.02 Å². The van der Waals surface area contributed by atoms with Gasteiger partial charge in [0.15, 0.2) is 0 Å². The van der Waals surface area contributed by atoms with Gasteiger partial charge in [0.25, 0.3) is 0 Å². The third kappa shape index (κ3) is 2.84. The first-order valence-corrected chi connectivity index (χ1v) is 10.4. The molecule has 0 saturated heterocycles. The Balaban J connectivity index is 1.67. The summed E-state index contributed by atoms with van der Waals surface area (Å²) in [7, 11) is 0. The first-order valence-electron chi connectivity index (χ1n) is 9.99. The molecule has 0 aromatic heterocycles. The summed E-state index contributed by atoms with van der Waals surface area (Å²) < 4.78 is 0. The van der Waals surface area contributed by atoms with E-state index in [9.17, 15) is 9.90 Å². The number of aliphatic carboxylic acids is 1. The molecule has 4 heteroatoms. The number of carboxylic acids is 1. The van der Waals surface area contributed by atoms with Gasteiger partial charge in [-0.3, -0.25) is 0 Å². The number of carboxylic acid groups (broad SMARTS) is 1. The number of fused-ring (bicyclic) bond motifs is 2. The lowest BCUT2D eigenvalue weighted by Gasteiger charge is -2.45. The molecule has 2 aliphatic rings. The number of allylic oxidation sites excluding steroid dienone is 2. The molecule has 2 aromatic rings. The Morgan fingerprint density at radius 2 is 1.82 bits per heavy atom. The van der Waals surface area contributed by atoms with Gasteiger partial charge in [-0.2, -0.15) is 0 Å². The SMILES string of the molecule is CCC1=C(C)C2(CCC(Nc3cccc(Cl)c3)(C(=O)O)CC2)c2ccccc21. The summed E-state index contributed by atoms with van der Waals surface area (Å²) >= 11 is 6.10. The quantitative estimate of drug-likeness (QED) is 0.640. The van der Waals surface area contributed by atoms with Gasteiger partial charge in [0, 0.05) is 16.1 Å². The fourth-order valence-electron chi connectivity index (χ4n) is 5.29. The normalized spacial score (nSPS) is 26.4. The van der Waals surface area contributed by atoms with E-state index in [2.05, 4.69) is 43.4 Å². The third-order valence-electron chi connectivity index (χ3n) is 6.87. The molecular weight excluding hydrogens is 370 g/mol. The minimum atomic E-state index is -0.958. The summed E-state index contributed by atoms with van der Waals surface area (Å²) in [5, 5.41) is 14.0. The van der Waals surface area contributed by atoms with Crippen LogP contribution in [-0.2, 0) is 10.2 Å². The highest BCUT2D eigenvalue weighted by atomic mass is 35.5. The Morgan fingerprint density at radius 3 is 2.46 bits per heavy atom. The molecule has 0 aliphatic heterocycles. The number of rotatable bonds is 4. The Bertz CT molecular complexity index is 955. The minimum Gasteiger partial charge on any atom is -0.480 e. The highest BCUT2D eigenvalue weighted by Crippen LogP contribution is 2.56. The number of benzene rings is 2. The minimum absolute atomic E-state index is 0.0309. The molecular formula is C24H26ClNO2. The van der Waals surface area contributed by atoms with Crippen molar-refractivity contribution >= 4 is 28.8 Å². The summed E-state index contributed by atoms with van der Waals surface area (Å²) in [6, 6.07) is 16.0. The van der Waals surface area contributed by atoms with Gasteiger partial charge in [0.1, 0.15) is 5.54 Å². The van der Waals surface area contributed by atoms with Crippen molar-refractivity contribution in [1.82, 2.24) is 0 Å². The van der Waals surface area contributed by atoms with E-state index in [-0.39, 0.29) is 5.41 Å². The summed E-state index contributed by atoms with van der Waals surface area (Å²) in [5.74, 6) is -0.786. The maximum atomic E-state index is 12.3. The second-order valence-corrected chi connectivity index (χ2v) is 8.54. The highest BCUT2D eigenvalue weighted by Gasteiger charge is 2.51. The van der Waals surface area contributed by atoms with Crippen molar-refractivity contribution in [2.24, 2.45) is 0 Å². The van der Waals surface area contributed by atoms with E-state index in [4.69, 9.17) is 11.6 Å². The van der Waals surface area contributed by atoms with Gasteiger partial charge in [-0.15, -0.1) is 0 Å². The van der Waals surface area contributed by atoms with Crippen molar-refractivity contribution < 1.29 is 9.90 Å². The molecule has 0 amide bonds. The predicted molar refractivity (Wildman–Crippen MR) is 115 cm³/mol. The molecule has 2 aromatic carbocycles. The molecule has 0 heterocycles. The van der Waals surface area contributed by atoms with Crippen LogP contribution in [0.1, 0.15) is 57.1 Å². The molecule has 2 aliphatic carbocycles. The number of carbonyl (C=O) groups is 1. The molecule has 0 unspecified atom stereocenters.